The molecule has 0 bridgehead atoms. The van der Waals surface area contributed by atoms with Crippen LogP contribution in [0.25, 0.3) is 0 Å². The molecule has 0 aliphatic rings. The molecule has 34 valence electrons. The summed E-state index contributed by atoms with van der Waals surface area (Å²) in [6.45, 7) is 0. The van der Waals surface area contributed by atoms with E-state index in [-0.39, 0.29) is 53.5 Å². The predicted octanol–water partition coefficient (Wildman–Crippen LogP) is -6.20. The summed E-state index contributed by atoms with van der Waals surface area (Å²) in [7, 11) is -5.39. The van der Waals surface area contributed by atoms with Gasteiger partial charge in [-0.05, 0) is 0 Å². The number of hydrogen-bond donors (Lipinski definition) is 0. The fraction of sp³-hybridized carbons (Fsp3) is 0. The summed E-state index contributed by atoms with van der Waals surface area (Å²) in [6, 6.07) is 0. The summed E-state index contributed by atoms with van der Waals surface area (Å²) in [5.41, 5.74) is 0. The molecule has 0 aliphatic heterocycles. The van der Waals surface area contributed by atoms with Crippen molar-refractivity contribution in [2.24, 2.45) is 0 Å². The van der Waals surface area contributed by atoms with Crippen molar-refractivity contribution in [1.82, 2.24) is 0 Å². The van der Waals surface area contributed by atoms with E-state index in [1.165, 1.54) is 0 Å². The minimum atomic E-state index is -5.39. The molecule has 2 radical (unpaired) electrons. The molecule has 0 saturated heterocycles. The van der Waals surface area contributed by atoms with Crippen molar-refractivity contribution in [3.63, 3.8) is 0 Å². The van der Waals surface area contributed by atoms with Crippen molar-refractivity contribution in [2.75, 3.05) is 0 Å². The zero-order chi connectivity index (χ0) is 4.50. The molecule has 0 N–H and O–H groups in total. The van der Waals surface area contributed by atoms with Gasteiger partial charge in [0.15, 0.2) is 0 Å². The maximum atomic E-state index is 8.55. The van der Waals surface area contributed by atoms with Gasteiger partial charge in [-0.15, -0.1) is 0 Å². The van der Waals surface area contributed by atoms with Crippen LogP contribution in [0.5, 0.6) is 0 Å². The third-order valence-corrected chi connectivity index (χ3v) is 0. The van der Waals surface area contributed by atoms with Crippen LogP contribution >= 0.6 is 7.82 Å². The van der Waals surface area contributed by atoms with Crippen LogP contribution in [0.3, 0.4) is 0 Å². The van der Waals surface area contributed by atoms with Gasteiger partial charge in [0.25, 0.3) is 0 Å². The van der Waals surface area contributed by atoms with E-state index in [0.717, 1.165) is 0 Å². The first-order valence-electron chi connectivity index (χ1n) is 0.730. The number of phosphoric acid groups is 1. The maximum absolute atomic E-state index is 8.55. The Morgan fingerprint density at radius 2 is 1.14 bits per heavy atom. The molecule has 0 unspecified atom stereocenters. The van der Waals surface area contributed by atoms with Crippen LogP contribution in [-0.4, -0.2) is 23.9 Å². The van der Waals surface area contributed by atoms with E-state index in [1.54, 1.807) is 0 Å². The van der Waals surface area contributed by atoms with Crippen molar-refractivity contribution in [2.45, 2.75) is 0 Å². The van der Waals surface area contributed by atoms with Crippen LogP contribution in [0, 0.1) is 0 Å². The molecule has 0 heterocycles. The topological polar surface area (TPSA) is 86.2 Å². The molecular formula is NaO4PSn. The monoisotopic (exact) mass is 238 g/mol. The second-order valence-corrected chi connectivity index (χ2v) is 1.34. The average molecular weight is 237 g/mol. The Morgan fingerprint density at radius 3 is 1.14 bits per heavy atom. The van der Waals surface area contributed by atoms with E-state index in [1.807, 2.05) is 0 Å². The SMILES string of the molecule is O=P([O-])([O-])[O-].[Na+].[Sn+2]. The van der Waals surface area contributed by atoms with Crippen molar-refractivity contribution in [1.29, 1.82) is 0 Å². The first-order chi connectivity index (χ1) is 2.00. The Morgan fingerprint density at radius 1 is 1.14 bits per heavy atom. The van der Waals surface area contributed by atoms with Gasteiger partial charge in [0.1, 0.15) is 0 Å². The second kappa shape index (κ2) is 6.04. The Balaban J connectivity index is -0.0000000800. The molecule has 7 heteroatoms. The number of hydrogen-bond acceptors (Lipinski definition) is 4. The molecule has 0 aliphatic carbocycles. The van der Waals surface area contributed by atoms with Crippen LogP contribution in [0.15, 0.2) is 0 Å². The molecule has 0 aromatic carbocycles. The van der Waals surface area contributed by atoms with E-state index in [0.29, 0.717) is 0 Å². The minimum Gasteiger partial charge on any atom is -0.822 e. The van der Waals surface area contributed by atoms with Gasteiger partial charge in [-0.2, -0.15) is 7.82 Å². The van der Waals surface area contributed by atoms with E-state index in [2.05, 4.69) is 0 Å². The first kappa shape index (κ1) is 16.0. The summed E-state index contributed by atoms with van der Waals surface area (Å²) in [5.74, 6) is 0. The van der Waals surface area contributed by atoms with Gasteiger partial charge in [0.05, 0.1) is 0 Å². The summed E-state index contributed by atoms with van der Waals surface area (Å²) in [5, 5.41) is 0. The van der Waals surface area contributed by atoms with Gasteiger partial charge in [-0.1, -0.05) is 0 Å². The van der Waals surface area contributed by atoms with E-state index >= 15 is 0 Å². The fourth-order valence-electron chi connectivity index (χ4n) is 0. The Kier molecular flexibility index (Phi) is 13.8. The molecule has 4 nitrogen and oxygen atoms in total. The van der Waals surface area contributed by atoms with Gasteiger partial charge in [0, 0.05) is 0 Å². The van der Waals surface area contributed by atoms with Crippen LogP contribution in [0.4, 0.5) is 0 Å². The van der Waals surface area contributed by atoms with Crippen LogP contribution in [-0.2, 0) is 4.57 Å². The molecule has 0 aromatic heterocycles. The molecule has 0 rings (SSSR count). The maximum Gasteiger partial charge on any atom is 2.00 e. The van der Waals surface area contributed by atoms with Crippen molar-refractivity contribution in [3.05, 3.63) is 0 Å². The molecular weight excluding hydrogens is 237 g/mol. The molecule has 7 heavy (non-hydrogen) atoms. The third kappa shape index (κ3) is 75.8. The van der Waals surface area contributed by atoms with E-state index < -0.39 is 7.82 Å². The summed E-state index contributed by atoms with van der Waals surface area (Å²) < 4.78 is 8.55. The van der Waals surface area contributed by atoms with Crippen molar-refractivity contribution in [3.8, 4) is 0 Å². The standard InChI is InChI=1S/Na.H3O4P.Sn/c;1-5(2,3)4;/h;(H3,1,2,3,4);/q+1;;+2/p-3. The molecule has 0 atom stereocenters. The van der Waals surface area contributed by atoms with Gasteiger partial charge in [-0.25, -0.2) is 0 Å². The zero-order valence-electron chi connectivity index (χ0n) is 3.58. The molecule has 0 fully saturated rings. The van der Waals surface area contributed by atoms with Gasteiger partial charge in [0.2, 0.25) is 0 Å². The van der Waals surface area contributed by atoms with Gasteiger partial charge in [-0.3, -0.25) is 0 Å². The van der Waals surface area contributed by atoms with E-state index in [4.69, 9.17) is 19.2 Å². The Bertz CT molecular complexity index is 57.8. The van der Waals surface area contributed by atoms with Gasteiger partial charge < -0.3 is 19.2 Å². The van der Waals surface area contributed by atoms with Gasteiger partial charge >= 0.3 is 53.5 Å². The van der Waals surface area contributed by atoms with E-state index in [9.17, 15) is 0 Å². The summed E-state index contributed by atoms with van der Waals surface area (Å²) in [4.78, 5) is 25.6. The van der Waals surface area contributed by atoms with Crippen LogP contribution < -0.4 is 44.2 Å². The zero-order valence-corrected chi connectivity index (χ0v) is 9.33. The van der Waals surface area contributed by atoms with Crippen molar-refractivity contribution < 1.29 is 48.8 Å². The third-order valence-electron chi connectivity index (χ3n) is 0. The summed E-state index contributed by atoms with van der Waals surface area (Å²) in [6.07, 6.45) is 0. The Hall–Kier alpha value is 1.91. The Labute approximate surface area is 79.8 Å². The fourth-order valence-corrected chi connectivity index (χ4v) is 0. The molecule has 0 saturated carbocycles. The predicted molar refractivity (Wildman–Crippen MR) is 13.4 cm³/mol. The quantitative estimate of drug-likeness (QED) is 0.309. The molecule has 0 aromatic rings. The smallest absolute Gasteiger partial charge is 0.822 e. The molecule has 0 spiro atoms. The largest absolute Gasteiger partial charge is 2.00 e. The number of rotatable bonds is 0. The second-order valence-electron chi connectivity index (χ2n) is 0.447. The normalized spacial score (nSPS) is 8.43. The average Bonchev–Trinajstić information content (AvgIpc) is 0.722. The summed E-state index contributed by atoms with van der Waals surface area (Å²) >= 11 is 0. The minimum absolute atomic E-state index is 0. The van der Waals surface area contributed by atoms with Crippen LogP contribution in [0.2, 0.25) is 0 Å². The van der Waals surface area contributed by atoms with Crippen LogP contribution in [0.1, 0.15) is 0 Å². The van der Waals surface area contributed by atoms with Crippen molar-refractivity contribution >= 4 is 31.7 Å². The first-order valence-corrected chi connectivity index (χ1v) is 2.19. The molecule has 0 amide bonds.